The molecule has 1 saturated heterocycles. The van der Waals surface area contributed by atoms with E-state index >= 15 is 0 Å². The molecule has 2 fully saturated rings. The first-order valence-corrected chi connectivity index (χ1v) is 10.1. The van der Waals surface area contributed by atoms with Crippen LogP contribution < -0.4 is 20.1 Å². The summed E-state index contributed by atoms with van der Waals surface area (Å²) < 4.78 is 17.1. The van der Waals surface area contributed by atoms with Crippen molar-refractivity contribution in [2.24, 2.45) is 5.92 Å². The van der Waals surface area contributed by atoms with Crippen LogP contribution in [0.4, 0.5) is 0 Å². The van der Waals surface area contributed by atoms with E-state index < -0.39 is 0 Å². The van der Waals surface area contributed by atoms with Crippen LogP contribution in [0.15, 0.2) is 18.2 Å². The normalized spacial score (nSPS) is 27.9. The predicted molar refractivity (Wildman–Crippen MR) is 109 cm³/mol. The van der Waals surface area contributed by atoms with E-state index in [1.807, 2.05) is 6.07 Å². The van der Waals surface area contributed by atoms with Gasteiger partial charge in [0.25, 0.3) is 0 Å². The van der Waals surface area contributed by atoms with Gasteiger partial charge in [-0.3, -0.25) is 0 Å². The van der Waals surface area contributed by atoms with Crippen LogP contribution >= 0.6 is 12.4 Å². The van der Waals surface area contributed by atoms with Gasteiger partial charge in [0.1, 0.15) is 13.2 Å². The van der Waals surface area contributed by atoms with Crippen LogP contribution in [0, 0.1) is 5.92 Å². The van der Waals surface area contributed by atoms with Crippen molar-refractivity contribution in [3.8, 4) is 11.5 Å². The minimum absolute atomic E-state index is 0. The fourth-order valence-electron chi connectivity index (χ4n) is 4.54. The van der Waals surface area contributed by atoms with Crippen molar-refractivity contribution in [1.82, 2.24) is 10.6 Å². The summed E-state index contributed by atoms with van der Waals surface area (Å²) >= 11 is 0. The second kappa shape index (κ2) is 8.99. The molecule has 5 nitrogen and oxygen atoms in total. The van der Waals surface area contributed by atoms with Gasteiger partial charge in [0.2, 0.25) is 0 Å². The summed E-state index contributed by atoms with van der Waals surface area (Å²) in [5.74, 6) is 2.42. The molecular formula is C21H33ClN2O3. The summed E-state index contributed by atoms with van der Waals surface area (Å²) in [6.07, 6.45) is 3.87. The molecule has 1 aromatic rings. The molecule has 2 heterocycles. The lowest BCUT2D eigenvalue weighted by molar-refractivity contribution is 0.0522. The third-order valence-corrected chi connectivity index (χ3v) is 6.17. The number of ether oxygens (including phenoxy) is 3. The zero-order valence-corrected chi connectivity index (χ0v) is 17.3. The summed E-state index contributed by atoms with van der Waals surface area (Å²) in [7, 11) is 0. The highest BCUT2D eigenvalue weighted by Crippen LogP contribution is 2.36. The van der Waals surface area contributed by atoms with Crippen LogP contribution in [0.25, 0.3) is 0 Å². The summed E-state index contributed by atoms with van der Waals surface area (Å²) in [5.41, 5.74) is 1.34. The van der Waals surface area contributed by atoms with Crippen molar-refractivity contribution in [3.05, 3.63) is 23.8 Å². The lowest BCUT2D eigenvalue weighted by Crippen LogP contribution is -2.52. The standard InChI is InChI=1S/C21H32N2O3.ClH/c1-21(2,15-6-7-19-20(12-15)26-11-10-25-19)14-23-17-5-3-4-16(17)18-13-24-9-8-22-18;/h6-7,12,16-18,22-23H,3-5,8-11,13-14H2,1-2H3;1H. The Morgan fingerprint density at radius 2 is 1.93 bits per heavy atom. The summed E-state index contributed by atoms with van der Waals surface area (Å²) in [4.78, 5) is 0. The Balaban J connectivity index is 0.00000210. The predicted octanol–water partition coefficient (Wildman–Crippen LogP) is 2.90. The number of halogens is 1. The number of fused-ring (bicyclic) bond motifs is 1. The van der Waals surface area contributed by atoms with Crippen LogP contribution in [-0.4, -0.2) is 51.6 Å². The molecule has 27 heavy (non-hydrogen) atoms. The van der Waals surface area contributed by atoms with Gasteiger partial charge in [-0.25, -0.2) is 0 Å². The molecule has 0 bridgehead atoms. The number of benzene rings is 1. The maximum absolute atomic E-state index is 5.77. The zero-order chi connectivity index (χ0) is 18.0. The van der Waals surface area contributed by atoms with E-state index in [0.717, 1.165) is 37.8 Å². The minimum atomic E-state index is 0. The fourth-order valence-corrected chi connectivity index (χ4v) is 4.54. The number of rotatable bonds is 5. The molecular weight excluding hydrogens is 364 g/mol. The first-order valence-electron chi connectivity index (χ1n) is 10.1. The van der Waals surface area contributed by atoms with Gasteiger partial charge >= 0.3 is 0 Å². The average Bonchev–Trinajstić information content (AvgIpc) is 3.15. The monoisotopic (exact) mass is 396 g/mol. The molecule has 0 aromatic heterocycles. The van der Waals surface area contributed by atoms with Crippen molar-refractivity contribution >= 4 is 12.4 Å². The van der Waals surface area contributed by atoms with Crippen LogP contribution in [0.3, 0.4) is 0 Å². The Kier molecular flexibility index (Phi) is 6.90. The smallest absolute Gasteiger partial charge is 0.161 e. The number of hydrogen-bond acceptors (Lipinski definition) is 5. The van der Waals surface area contributed by atoms with Crippen LogP contribution in [0.5, 0.6) is 11.5 Å². The highest BCUT2D eigenvalue weighted by Gasteiger charge is 2.35. The molecule has 0 amide bonds. The molecule has 3 aliphatic rings. The van der Waals surface area contributed by atoms with E-state index in [1.165, 1.54) is 24.8 Å². The minimum Gasteiger partial charge on any atom is -0.486 e. The third kappa shape index (κ3) is 4.70. The molecule has 1 aromatic carbocycles. The zero-order valence-electron chi connectivity index (χ0n) is 16.5. The van der Waals surface area contributed by atoms with Crippen molar-refractivity contribution in [2.45, 2.75) is 50.6 Å². The summed E-state index contributed by atoms with van der Waals surface area (Å²) in [6.45, 7) is 9.52. The number of hydrogen-bond donors (Lipinski definition) is 2. The maximum atomic E-state index is 5.77. The van der Waals surface area contributed by atoms with E-state index in [1.54, 1.807) is 0 Å². The van der Waals surface area contributed by atoms with Crippen molar-refractivity contribution in [2.75, 3.05) is 39.5 Å². The molecule has 0 radical (unpaired) electrons. The second-order valence-corrected chi connectivity index (χ2v) is 8.46. The second-order valence-electron chi connectivity index (χ2n) is 8.46. The molecule has 3 unspecified atom stereocenters. The Morgan fingerprint density at radius 1 is 1.11 bits per heavy atom. The van der Waals surface area contributed by atoms with E-state index in [2.05, 4.69) is 36.6 Å². The first-order chi connectivity index (χ1) is 12.6. The third-order valence-electron chi connectivity index (χ3n) is 6.17. The van der Waals surface area contributed by atoms with Gasteiger partial charge in [-0.15, -0.1) is 12.4 Å². The largest absolute Gasteiger partial charge is 0.486 e. The molecule has 2 aliphatic heterocycles. The number of nitrogens with one attached hydrogen (secondary N) is 2. The van der Waals surface area contributed by atoms with Crippen LogP contribution in [0.2, 0.25) is 0 Å². The van der Waals surface area contributed by atoms with Crippen LogP contribution in [-0.2, 0) is 10.2 Å². The fraction of sp³-hybridized carbons (Fsp3) is 0.714. The van der Waals surface area contributed by atoms with Crippen molar-refractivity contribution < 1.29 is 14.2 Å². The SMILES string of the molecule is CC(C)(CNC1CCCC1C1COCCN1)c1ccc2c(c1)OCCO2.Cl. The van der Waals surface area contributed by atoms with Crippen molar-refractivity contribution in [1.29, 1.82) is 0 Å². The lowest BCUT2D eigenvalue weighted by Gasteiger charge is -2.35. The van der Waals surface area contributed by atoms with Gasteiger partial charge in [0.05, 0.1) is 13.2 Å². The molecule has 1 saturated carbocycles. The molecule has 1 aliphatic carbocycles. The molecule has 2 N–H and O–H groups in total. The highest BCUT2D eigenvalue weighted by atomic mass is 35.5. The Hall–Kier alpha value is -1.01. The van der Waals surface area contributed by atoms with Gasteiger partial charge in [-0.05, 0) is 36.5 Å². The Bertz CT molecular complexity index is 619. The first kappa shape index (κ1) is 20.7. The summed E-state index contributed by atoms with van der Waals surface area (Å²) in [6, 6.07) is 7.45. The molecule has 0 spiro atoms. The summed E-state index contributed by atoms with van der Waals surface area (Å²) in [5, 5.41) is 7.54. The van der Waals surface area contributed by atoms with E-state index in [0.29, 0.717) is 31.2 Å². The molecule has 6 heteroatoms. The van der Waals surface area contributed by atoms with Gasteiger partial charge in [-0.1, -0.05) is 26.3 Å². The lowest BCUT2D eigenvalue weighted by atomic mass is 9.83. The van der Waals surface area contributed by atoms with Gasteiger partial charge in [-0.2, -0.15) is 0 Å². The Morgan fingerprint density at radius 3 is 2.70 bits per heavy atom. The van der Waals surface area contributed by atoms with Gasteiger partial charge in [0.15, 0.2) is 11.5 Å². The van der Waals surface area contributed by atoms with Gasteiger partial charge in [0, 0.05) is 30.6 Å². The van der Waals surface area contributed by atoms with Gasteiger partial charge < -0.3 is 24.8 Å². The average molecular weight is 397 g/mol. The number of morpholine rings is 1. The molecule has 4 rings (SSSR count). The van der Waals surface area contributed by atoms with Crippen LogP contribution in [0.1, 0.15) is 38.7 Å². The quantitative estimate of drug-likeness (QED) is 0.801. The van der Waals surface area contributed by atoms with E-state index in [-0.39, 0.29) is 17.8 Å². The topological polar surface area (TPSA) is 51.8 Å². The molecule has 152 valence electrons. The Labute approximate surface area is 168 Å². The van der Waals surface area contributed by atoms with E-state index in [9.17, 15) is 0 Å². The highest BCUT2D eigenvalue weighted by molar-refractivity contribution is 5.85. The molecule has 3 atom stereocenters. The maximum Gasteiger partial charge on any atom is 0.161 e. The van der Waals surface area contributed by atoms with Crippen molar-refractivity contribution in [3.63, 3.8) is 0 Å². The van der Waals surface area contributed by atoms with E-state index in [4.69, 9.17) is 14.2 Å².